The highest BCUT2D eigenvalue weighted by Crippen LogP contribution is 2.27. The van der Waals surface area contributed by atoms with E-state index in [-0.39, 0.29) is 5.82 Å². The van der Waals surface area contributed by atoms with Crippen molar-refractivity contribution in [1.82, 2.24) is 24.8 Å². The maximum absolute atomic E-state index is 14.2. The average Bonchev–Trinajstić information content (AvgIpc) is 3.43. The number of hydrogen-bond donors (Lipinski definition) is 1. The van der Waals surface area contributed by atoms with E-state index in [0.717, 1.165) is 39.2 Å². The average molecular weight is 425 g/mol. The van der Waals surface area contributed by atoms with Crippen LogP contribution >= 0.6 is 0 Å². The summed E-state index contributed by atoms with van der Waals surface area (Å²) in [5.74, 6) is -0.246. The molecule has 2 heterocycles. The minimum atomic E-state index is -0.246. The highest BCUT2D eigenvalue weighted by atomic mass is 19.1. The normalized spacial score (nSPS) is 11.1. The van der Waals surface area contributed by atoms with Crippen molar-refractivity contribution in [3.8, 4) is 16.9 Å². The van der Waals surface area contributed by atoms with Gasteiger partial charge in [0.1, 0.15) is 11.3 Å². The molecule has 1 N–H and O–H groups in total. The van der Waals surface area contributed by atoms with E-state index < -0.39 is 0 Å². The molecule has 0 atom stereocenters. The van der Waals surface area contributed by atoms with Gasteiger partial charge in [-0.1, -0.05) is 35.5 Å². The molecule has 5 aromatic rings. The van der Waals surface area contributed by atoms with Crippen molar-refractivity contribution in [3.05, 3.63) is 89.9 Å². The predicted molar refractivity (Wildman–Crippen MR) is 123 cm³/mol. The van der Waals surface area contributed by atoms with Gasteiger partial charge in [0.25, 0.3) is 0 Å². The van der Waals surface area contributed by atoms with Gasteiger partial charge in [0.05, 0.1) is 29.1 Å². The van der Waals surface area contributed by atoms with Gasteiger partial charge in [0.2, 0.25) is 0 Å². The van der Waals surface area contributed by atoms with E-state index >= 15 is 0 Å². The van der Waals surface area contributed by atoms with Crippen LogP contribution in [0.4, 0.5) is 10.1 Å². The van der Waals surface area contributed by atoms with Crippen LogP contribution in [0.2, 0.25) is 0 Å². The van der Waals surface area contributed by atoms with E-state index in [0.29, 0.717) is 12.1 Å². The molecule has 158 valence electrons. The first-order chi connectivity index (χ1) is 15.6. The summed E-state index contributed by atoms with van der Waals surface area (Å²) in [6.45, 7) is 5.83. The molecule has 0 amide bonds. The van der Waals surface area contributed by atoms with Crippen LogP contribution in [-0.4, -0.2) is 31.5 Å². The van der Waals surface area contributed by atoms with Crippen LogP contribution in [0.15, 0.2) is 78.0 Å². The molecule has 32 heavy (non-hydrogen) atoms. The molecule has 0 spiro atoms. The van der Waals surface area contributed by atoms with E-state index in [2.05, 4.69) is 32.7 Å². The Labute approximate surface area is 183 Å². The van der Waals surface area contributed by atoms with Crippen LogP contribution in [0.5, 0.6) is 0 Å². The molecule has 0 saturated carbocycles. The third-order valence-electron chi connectivity index (χ3n) is 5.40. The summed E-state index contributed by atoms with van der Waals surface area (Å²) in [4.78, 5) is 0. The second-order valence-corrected chi connectivity index (χ2v) is 7.44. The van der Waals surface area contributed by atoms with Crippen molar-refractivity contribution >= 4 is 23.4 Å². The van der Waals surface area contributed by atoms with Crippen molar-refractivity contribution in [2.45, 2.75) is 13.5 Å². The molecule has 0 radical (unpaired) electrons. The van der Waals surface area contributed by atoms with Crippen molar-refractivity contribution in [2.24, 2.45) is 5.10 Å². The monoisotopic (exact) mass is 425 g/mol. The zero-order chi connectivity index (χ0) is 22.1. The van der Waals surface area contributed by atoms with Crippen LogP contribution < -0.4 is 5.43 Å². The van der Waals surface area contributed by atoms with E-state index in [1.54, 1.807) is 27.7 Å². The first-order valence-corrected chi connectivity index (χ1v) is 10.1. The summed E-state index contributed by atoms with van der Waals surface area (Å²) in [7, 11) is 0. The van der Waals surface area contributed by atoms with Crippen LogP contribution in [0.25, 0.3) is 28.0 Å². The number of hydrogen-bond acceptors (Lipinski definition) is 5. The number of nitrogens with zero attached hydrogens (tertiary/aromatic N) is 6. The van der Waals surface area contributed by atoms with Gasteiger partial charge in [-0.25, -0.2) is 9.07 Å². The molecule has 0 saturated heterocycles. The third-order valence-corrected chi connectivity index (χ3v) is 5.40. The minimum Gasteiger partial charge on any atom is -0.279 e. The number of fused-ring (bicyclic) bond motifs is 1. The maximum Gasteiger partial charge on any atom is 0.128 e. The summed E-state index contributed by atoms with van der Waals surface area (Å²) in [6.07, 6.45) is 1.72. The van der Waals surface area contributed by atoms with E-state index in [1.165, 1.54) is 6.07 Å². The van der Waals surface area contributed by atoms with Crippen molar-refractivity contribution in [2.75, 3.05) is 5.43 Å². The Hall–Kier alpha value is -4.33. The Bertz CT molecular complexity index is 1430. The van der Waals surface area contributed by atoms with Gasteiger partial charge in [-0.3, -0.25) is 10.1 Å². The zero-order valence-electron chi connectivity index (χ0n) is 17.4. The summed E-state index contributed by atoms with van der Waals surface area (Å²) in [5.41, 5.74) is 9.67. The van der Waals surface area contributed by atoms with Crippen molar-refractivity contribution < 1.29 is 4.39 Å². The van der Waals surface area contributed by atoms with Crippen LogP contribution in [0, 0.1) is 12.7 Å². The SMILES string of the molecule is C=NNc1cc(-n2nnc3ccc(-c4ccnn4Cc4ccccc4F)cc32)ccc1C. The molecule has 7 nitrogen and oxygen atoms in total. The van der Waals surface area contributed by atoms with Gasteiger partial charge < -0.3 is 0 Å². The Morgan fingerprint density at radius 1 is 1.06 bits per heavy atom. The van der Waals surface area contributed by atoms with Gasteiger partial charge in [0.15, 0.2) is 0 Å². The number of halogens is 1. The Balaban J connectivity index is 1.56. The molecule has 0 fully saturated rings. The van der Waals surface area contributed by atoms with Crippen molar-refractivity contribution in [1.29, 1.82) is 0 Å². The molecule has 0 aliphatic rings. The zero-order valence-corrected chi connectivity index (χ0v) is 17.4. The molecule has 5 rings (SSSR count). The second kappa shape index (κ2) is 8.07. The number of nitrogens with one attached hydrogen (secondary N) is 1. The molecule has 2 aromatic heterocycles. The fourth-order valence-electron chi connectivity index (χ4n) is 3.71. The molecule has 0 aliphatic heterocycles. The van der Waals surface area contributed by atoms with E-state index in [9.17, 15) is 4.39 Å². The van der Waals surface area contributed by atoms with Crippen LogP contribution in [-0.2, 0) is 6.54 Å². The lowest BCUT2D eigenvalue weighted by molar-refractivity contribution is 0.587. The van der Waals surface area contributed by atoms with Crippen molar-refractivity contribution in [3.63, 3.8) is 0 Å². The maximum atomic E-state index is 14.2. The van der Waals surface area contributed by atoms with Gasteiger partial charge in [-0.05, 0) is 48.9 Å². The largest absolute Gasteiger partial charge is 0.279 e. The number of benzene rings is 3. The number of anilines is 1. The van der Waals surface area contributed by atoms with Gasteiger partial charge in [0, 0.05) is 24.0 Å². The molecule has 0 unspecified atom stereocenters. The number of aromatic nitrogens is 5. The second-order valence-electron chi connectivity index (χ2n) is 7.44. The van der Waals surface area contributed by atoms with Gasteiger partial charge in [-0.15, -0.1) is 5.10 Å². The number of hydrazone groups is 1. The highest BCUT2D eigenvalue weighted by molar-refractivity contribution is 5.82. The van der Waals surface area contributed by atoms with Crippen LogP contribution in [0.1, 0.15) is 11.1 Å². The summed E-state index contributed by atoms with van der Waals surface area (Å²) < 4.78 is 17.7. The number of rotatable bonds is 6. The van der Waals surface area contributed by atoms with Gasteiger partial charge >= 0.3 is 0 Å². The summed E-state index contributed by atoms with van der Waals surface area (Å²) >= 11 is 0. The molecular weight excluding hydrogens is 405 g/mol. The standard InChI is InChI=1S/C24H20FN7/c1-16-7-9-19(14-22(16)28-26-2)32-24-13-17(8-10-21(24)29-30-32)23-11-12-27-31(23)15-18-5-3-4-6-20(18)25/h3-14,28H,2,15H2,1H3. The molecular formula is C24H20FN7. The first kappa shape index (κ1) is 19.6. The predicted octanol–water partition coefficient (Wildman–Crippen LogP) is 4.81. The molecule has 0 bridgehead atoms. The lowest BCUT2D eigenvalue weighted by Gasteiger charge is -2.10. The molecule has 0 aliphatic carbocycles. The Kier molecular flexibility index (Phi) is 4.95. The smallest absolute Gasteiger partial charge is 0.128 e. The summed E-state index contributed by atoms with van der Waals surface area (Å²) in [6, 6.07) is 20.5. The fraction of sp³-hybridized carbons (Fsp3) is 0.0833. The fourth-order valence-corrected chi connectivity index (χ4v) is 3.71. The van der Waals surface area contributed by atoms with Gasteiger partial charge in [-0.2, -0.15) is 10.2 Å². The quantitative estimate of drug-likeness (QED) is 0.313. The first-order valence-electron chi connectivity index (χ1n) is 10.1. The van der Waals surface area contributed by atoms with E-state index in [1.807, 2.05) is 55.5 Å². The topological polar surface area (TPSA) is 72.9 Å². The highest BCUT2D eigenvalue weighted by Gasteiger charge is 2.13. The third kappa shape index (κ3) is 3.51. The Morgan fingerprint density at radius 3 is 2.78 bits per heavy atom. The lowest BCUT2D eigenvalue weighted by atomic mass is 10.1. The molecule has 3 aromatic carbocycles. The molecule has 8 heteroatoms. The van der Waals surface area contributed by atoms with E-state index in [4.69, 9.17) is 0 Å². The lowest BCUT2D eigenvalue weighted by Crippen LogP contribution is -2.05. The summed E-state index contributed by atoms with van der Waals surface area (Å²) in [5, 5.41) is 16.8. The minimum absolute atomic E-state index is 0.246. The Morgan fingerprint density at radius 2 is 1.94 bits per heavy atom. The van der Waals surface area contributed by atoms with Crippen LogP contribution in [0.3, 0.4) is 0 Å². The number of aryl methyl sites for hydroxylation is 1.